The van der Waals surface area contributed by atoms with Crippen molar-refractivity contribution in [3.05, 3.63) is 39.4 Å². The molecule has 5 nitrogen and oxygen atoms in total. The van der Waals surface area contributed by atoms with Crippen molar-refractivity contribution in [3.8, 4) is 0 Å². The molecule has 0 fully saturated rings. The molecule has 1 atom stereocenters. The zero-order valence-electron chi connectivity index (χ0n) is 12.2. The molecule has 1 aromatic carbocycles. The van der Waals surface area contributed by atoms with Crippen molar-refractivity contribution < 1.29 is 5.11 Å². The Morgan fingerprint density at radius 2 is 2.19 bits per heavy atom. The number of aromatic amines is 1. The van der Waals surface area contributed by atoms with Gasteiger partial charge < -0.3 is 15.4 Å². The summed E-state index contributed by atoms with van der Waals surface area (Å²) in [5.41, 5.74) is 0.419. The lowest BCUT2D eigenvalue weighted by Gasteiger charge is -2.21. The highest BCUT2D eigenvalue weighted by atomic mass is 35.5. The minimum atomic E-state index is -0.170. The summed E-state index contributed by atoms with van der Waals surface area (Å²) in [6.07, 6.45) is 0.668. The monoisotopic (exact) mass is 309 g/mol. The van der Waals surface area contributed by atoms with Crippen LogP contribution in [-0.4, -0.2) is 27.7 Å². The van der Waals surface area contributed by atoms with Crippen molar-refractivity contribution in [2.75, 3.05) is 6.61 Å². The molecule has 21 heavy (non-hydrogen) atoms. The first-order chi connectivity index (χ1) is 10.0. The Kier molecular flexibility index (Phi) is 5.33. The SMILES string of the molecule is CC(C)C(CCO)NCc1nc2cc(Cl)ccc2c(=O)[nH]1. The third kappa shape index (κ3) is 4.03. The molecule has 0 aliphatic carbocycles. The molecule has 3 N–H and O–H groups in total. The maximum Gasteiger partial charge on any atom is 0.258 e. The molecule has 0 saturated heterocycles. The van der Waals surface area contributed by atoms with Gasteiger partial charge in [0.1, 0.15) is 5.82 Å². The number of hydrogen-bond acceptors (Lipinski definition) is 4. The first-order valence-electron chi connectivity index (χ1n) is 7.04. The molecule has 0 spiro atoms. The van der Waals surface area contributed by atoms with Gasteiger partial charge in [-0.3, -0.25) is 4.79 Å². The predicted molar refractivity (Wildman–Crippen MR) is 84.5 cm³/mol. The second kappa shape index (κ2) is 7.02. The number of rotatable bonds is 6. The number of aliphatic hydroxyl groups excluding tert-OH is 1. The molecule has 1 heterocycles. The van der Waals surface area contributed by atoms with Crippen molar-refractivity contribution in [1.29, 1.82) is 0 Å². The van der Waals surface area contributed by atoms with Gasteiger partial charge in [-0.1, -0.05) is 25.4 Å². The normalized spacial score (nSPS) is 13.0. The van der Waals surface area contributed by atoms with Crippen molar-refractivity contribution in [2.45, 2.75) is 32.9 Å². The van der Waals surface area contributed by atoms with E-state index in [0.717, 1.165) is 0 Å². The fraction of sp³-hybridized carbons (Fsp3) is 0.467. The largest absolute Gasteiger partial charge is 0.396 e. The van der Waals surface area contributed by atoms with Crippen LogP contribution in [0.5, 0.6) is 0 Å². The number of benzene rings is 1. The topological polar surface area (TPSA) is 78.0 Å². The van der Waals surface area contributed by atoms with E-state index in [-0.39, 0.29) is 18.2 Å². The minimum absolute atomic E-state index is 0.132. The molecular weight excluding hydrogens is 290 g/mol. The van der Waals surface area contributed by atoms with Crippen LogP contribution in [-0.2, 0) is 6.54 Å². The van der Waals surface area contributed by atoms with Gasteiger partial charge in [0, 0.05) is 17.7 Å². The van der Waals surface area contributed by atoms with E-state index in [1.54, 1.807) is 18.2 Å². The smallest absolute Gasteiger partial charge is 0.258 e. The minimum Gasteiger partial charge on any atom is -0.396 e. The molecule has 2 rings (SSSR count). The number of nitrogens with one attached hydrogen (secondary N) is 2. The highest BCUT2D eigenvalue weighted by Crippen LogP contribution is 2.14. The predicted octanol–water partition coefficient (Wildman–Crippen LogP) is 2.07. The third-order valence-corrected chi connectivity index (χ3v) is 3.73. The quantitative estimate of drug-likeness (QED) is 0.763. The van der Waals surface area contributed by atoms with E-state index in [1.807, 2.05) is 0 Å². The Bertz CT molecular complexity index is 670. The second-order valence-corrected chi connectivity index (χ2v) is 5.85. The molecule has 0 radical (unpaired) electrons. The number of halogens is 1. The maximum atomic E-state index is 12.0. The van der Waals surface area contributed by atoms with Crippen LogP contribution in [0, 0.1) is 5.92 Å². The summed E-state index contributed by atoms with van der Waals surface area (Å²) in [7, 11) is 0. The Morgan fingerprint density at radius 1 is 1.43 bits per heavy atom. The highest BCUT2D eigenvalue weighted by molar-refractivity contribution is 6.31. The first kappa shape index (κ1) is 15.9. The molecule has 1 unspecified atom stereocenters. The van der Waals surface area contributed by atoms with E-state index in [0.29, 0.717) is 40.6 Å². The van der Waals surface area contributed by atoms with Crippen molar-refractivity contribution >= 4 is 22.5 Å². The lowest BCUT2D eigenvalue weighted by molar-refractivity contribution is 0.243. The van der Waals surface area contributed by atoms with E-state index in [2.05, 4.69) is 29.1 Å². The van der Waals surface area contributed by atoms with Gasteiger partial charge in [-0.2, -0.15) is 0 Å². The van der Waals surface area contributed by atoms with Crippen LogP contribution < -0.4 is 10.9 Å². The number of hydrogen-bond donors (Lipinski definition) is 3. The van der Waals surface area contributed by atoms with Crippen LogP contribution >= 0.6 is 11.6 Å². The molecule has 0 saturated carbocycles. The number of aromatic nitrogens is 2. The zero-order valence-corrected chi connectivity index (χ0v) is 12.9. The van der Waals surface area contributed by atoms with E-state index in [9.17, 15) is 4.79 Å². The first-order valence-corrected chi connectivity index (χ1v) is 7.41. The number of H-pyrrole nitrogens is 1. The standard InChI is InChI=1S/C15H20ClN3O2/c1-9(2)12(5-6-20)17-8-14-18-13-7-10(16)3-4-11(13)15(21)19-14/h3-4,7,9,12,17,20H,5-6,8H2,1-2H3,(H,18,19,21). The summed E-state index contributed by atoms with van der Waals surface area (Å²) in [6, 6.07) is 5.21. The summed E-state index contributed by atoms with van der Waals surface area (Å²) in [4.78, 5) is 19.2. The van der Waals surface area contributed by atoms with Crippen LogP contribution in [0.3, 0.4) is 0 Å². The van der Waals surface area contributed by atoms with Gasteiger partial charge in [0.15, 0.2) is 0 Å². The third-order valence-electron chi connectivity index (χ3n) is 3.49. The number of fused-ring (bicyclic) bond motifs is 1. The molecule has 0 amide bonds. The van der Waals surface area contributed by atoms with Gasteiger partial charge in [-0.25, -0.2) is 4.98 Å². The summed E-state index contributed by atoms with van der Waals surface area (Å²) in [5.74, 6) is 0.956. The molecule has 0 bridgehead atoms. The lowest BCUT2D eigenvalue weighted by atomic mass is 10.0. The Hall–Kier alpha value is -1.43. The van der Waals surface area contributed by atoms with Crippen molar-refractivity contribution in [1.82, 2.24) is 15.3 Å². The molecule has 0 aliphatic heterocycles. The average molecular weight is 310 g/mol. The highest BCUT2D eigenvalue weighted by Gasteiger charge is 2.13. The van der Waals surface area contributed by atoms with Crippen molar-refractivity contribution in [2.24, 2.45) is 5.92 Å². The summed E-state index contributed by atoms with van der Waals surface area (Å²) < 4.78 is 0. The van der Waals surface area contributed by atoms with Crippen LogP contribution in [0.2, 0.25) is 5.02 Å². The Balaban J connectivity index is 2.20. The average Bonchev–Trinajstić information content (AvgIpc) is 2.42. The number of nitrogens with zero attached hydrogens (tertiary/aromatic N) is 1. The van der Waals surface area contributed by atoms with Crippen LogP contribution in [0.15, 0.2) is 23.0 Å². The molecule has 114 valence electrons. The maximum absolute atomic E-state index is 12.0. The van der Waals surface area contributed by atoms with Crippen molar-refractivity contribution in [3.63, 3.8) is 0 Å². The molecule has 1 aromatic heterocycles. The molecule has 2 aromatic rings. The molecule has 0 aliphatic rings. The van der Waals surface area contributed by atoms with Crippen LogP contribution in [0.4, 0.5) is 0 Å². The van der Waals surface area contributed by atoms with Gasteiger partial charge in [-0.15, -0.1) is 0 Å². The number of aliphatic hydroxyl groups is 1. The van der Waals surface area contributed by atoms with Gasteiger partial charge in [0.2, 0.25) is 0 Å². The van der Waals surface area contributed by atoms with Crippen LogP contribution in [0.1, 0.15) is 26.1 Å². The van der Waals surface area contributed by atoms with E-state index >= 15 is 0 Å². The van der Waals surface area contributed by atoms with Crippen LogP contribution in [0.25, 0.3) is 10.9 Å². The Labute approximate surface area is 128 Å². The fourth-order valence-corrected chi connectivity index (χ4v) is 2.45. The van der Waals surface area contributed by atoms with Gasteiger partial charge in [-0.05, 0) is 30.5 Å². The molecule has 6 heteroatoms. The summed E-state index contributed by atoms with van der Waals surface area (Å²) in [5, 5.41) is 13.5. The van der Waals surface area contributed by atoms with E-state index in [1.165, 1.54) is 0 Å². The van der Waals surface area contributed by atoms with Gasteiger partial charge in [0.25, 0.3) is 5.56 Å². The fourth-order valence-electron chi connectivity index (χ4n) is 2.28. The van der Waals surface area contributed by atoms with Gasteiger partial charge in [0.05, 0.1) is 17.4 Å². The summed E-state index contributed by atoms with van der Waals surface area (Å²) in [6.45, 7) is 4.75. The van der Waals surface area contributed by atoms with E-state index < -0.39 is 0 Å². The zero-order chi connectivity index (χ0) is 15.4. The summed E-state index contributed by atoms with van der Waals surface area (Å²) >= 11 is 5.94. The molecular formula is C15H20ClN3O2. The van der Waals surface area contributed by atoms with E-state index in [4.69, 9.17) is 16.7 Å². The van der Waals surface area contributed by atoms with Gasteiger partial charge >= 0.3 is 0 Å². The second-order valence-electron chi connectivity index (χ2n) is 5.42. The Morgan fingerprint density at radius 3 is 2.86 bits per heavy atom. The lowest BCUT2D eigenvalue weighted by Crippen LogP contribution is -2.35.